The van der Waals surface area contributed by atoms with Gasteiger partial charge in [0.15, 0.2) is 0 Å². The Balaban J connectivity index is 3.07. The Kier molecular flexibility index (Phi) is 3.53. The van der Waals surface area contributed by atoms with E-state index >= 15 is 0 Å². The molecule has 78 valence electrons. The van der Waals surface area contributed by atoms with Crippen LogP contribution in [0, 0.1) is 6.92 Å². The number of hydrogen-bond acceptors (Lipinski definition) is 2. The molecule has 1 N–H and O–H groups in total. The van der Waals surface area contributed by atoms with E-state index in [1.54, 1.807) is 0 Å². The van der Waals surface area contributed by atoms with Crippen LogP contribution in [0.15, 0.2) is 18.2 Å². The van der Waals surface area contributed by atoms with Gasteiger partial charge in [-0.15, -0.1) is 0 Å². The van der Waals surface area contributed by atoms with Crippen molar-refractivity contribution in [3.63, 3.8) is 0 Å². The number of hydrogen-bond donors (Lipinski definition) is 1. The number of aryl methyl sites for hydroxylation is 1. The maximum atomic E-state index is 9.25. The molecule has 0 aliphatic carbocycles. The highest BCUT2D eigenvalue weighted by atomic mass is 16.3. The molecule has 0 atom stereocenters. The molecule has 0 bridgehead atoms. The molecule has 0 heterocycles. The van der Waals surface area contributed by atoms with Crippen LogP contribution in [0.25, 0.3) is 0 Å². The van der Waals surface area contributed by atoms with E-state index in [1.165, 1.54) is 5.56 Å². The number of aliphatic hydroxyl groups is 1. The molecule has 0 unspecified atom stereocenters. The summed E-state index contributed by atoms with van der Waals surface area (Å²) in [5.74, 6) is 0. The van der Waals surface area contributed by atoms with Crippen molar-refractivity contribution in [2.75, 3.05) is 11.9 Å². The third-order valence-electron chi connectivity index (χ3n) is 2.56. The minimum absolute atomic E-state index is 0.105. The van der Waals surface area contributed by atoms with Crippen molar-refractivity contribution in [2.24, 2.45) is 0 Å². The molecule has 0 aliphatic rings. The van der Waals surface area contributed by atoms with Gasteiger partial charge >= 0.3 is 0 Å². The third-order valence-corrected chi connectivity index (χ3v) is 2.56. The van der Waals surface area contributed by atoms with Crippen LogP contribution in [0.3, 0.4) is 0 Å². The zero-order chi connectivity index (χ0) is 10.7. The first-order valence-electron chi connectivity index (χ1n) is 4.99. The lowest BCUT2D eigenvalue weighted by Gasteiger charge is -2.26. The number of benzene rings is 1. The van der Waals surface area contributed by atoms with E-state index < -0.39 is 0 Å². The molecule has 1 aromatic carbocycles. The monoisotopic (exact) mass is 193 g/mol. The number of rotatable bonds is 3. The van der Waals surface area contributed by atoms with Crippen molar-refractivity contribution in [1.29, 1.82) is 0 Å². The molecule has 0 saturated carbocycles. The van der Waals surface area contributed by atoms with Crippen molar-refractivity contribution in [1.82, 2.24) is 0 Å². The van der Waals surface area contributed by atoms with Gasteiger partial charge < -0.3 is 10.0 Å². The standard InChI is InChI=1S/C12H19NO/c1-9(2)13(4)12-6-5-10(3)7-11(12)8-14/h5-7,9,14H,8H2,1-4H3. The van der Waals surface area contributed by atoms with Gasteiger partial charge in [0, 0.05) is 24.3 Å². The highest BCUT2D eigenvalue weighted by Crippen LogP contribution is 2.22. The Morgan fingerprint density at radius 3 is 2.50 bits per heavy atom. The molecule has 1 rings (SSSR count). The summed E-state index contributed by atoms with van der Waals surface area (Å²) < 4.78 is 0. The predicted octanol–water partition coefficient (Wildman–Crippen LogP) is 2.33. The van der Waals surface area contributed by atoms with E-state index in [2.05, 4.69) is 37.9 Å². The van der Waals surface area contributed by atoms with Crippen molar-refractivity contribution < 1.29 is 5.11 Å². The average molecular weight is 193 g/mol. The first-order valence-corrected chi connectivity index (χ1v) is 4.99. The van der Waals surface area contributed by atoms with E-state index in [4.69, 9.17) is 0 Å². The van der Waals surface area contributed by atoms with Crippen LogP contribution in [0.1, 0.15) is 25.0 Å². The number of aliphatic hydroxyl groups excluding tert-OH is 1. The molecular formula is C12H19NO. The van der Waals surface area contributed by atoms with E-state index in [1.807, 2.05) is 13.0 Å². The predicted molar refractivity (Wildman–Crippen MR) is 60.6 cm³/mol. The number of anilines is 1. The van der Waals surface area contributed by atoms with Crippen molar-refractivity contribution in [3.8, 4) is 0 Å². The molecule has 0 spiro atoms. The van der Waals surface area contributed by atoms with Crippen molar-refractivity contribution in [2.45, 2.75) is 33.4 Å². The first-order chi connectivity index (χ1) is 6.56. The summed E-state index contributed by atoms with van der Waals surface area (Å²) in [5, 5.41) is 9.25. The lowest BCUT2D eigenvalue weighted by atomic mass is 10.1. The SMILES string of the molecule is Cc1ccc(N(C)C(C)C)c(CO)c1. The summed E-state index contributed by atoms with van der Waals surface area (Å²) in [6.07, 6.45) is 0. The maximum absolute atomic E-state index is 9.25. The molecule has 2 nitrogen and oxygen atoms in total. The number of nitrogens with zero attached hydrogens (tertiary/aromatic N) is 1. The molecule has 1 aromatic rings. The zero-order valence-corrected chi connectivity index (χ0v) is 9.41. The Morgan fingerprint density at radius 2 is 2.00 bits per heavy atom. The molecule has 0 saturated heterocycles. The Labute approximate surface area is 86.2 Å². The van der Waals surface area contributed by atoms with Gasteiger partial charge in [-0.1, -0.05) is 17.7 Å². The normalized spacial score (nSPS) is 10.7. The Hall–Kier alpha value is -1.02. The van der Waals surface area contributed by atoms with Crippen LogP contribution < -0.4 is 4.90 Å². The molecular weight excluding hydrogens is 174 g/mol. The van der Waals surface area contributed by atoms with E-state index in [0.717, 1.165) is 11.3 Å². The minimum Gasteiger partial charge on any atom is -0.392 e. The molecule has 0 amide bonds. The highest BCUT2D eigenvalue weighted by Gasteiger charge is 2.09. The van der Waals surface area contributed by atoms with Crippen molar-refractivity contribution >= 4 is 5.69 Å². The molecule has 0 aliphatic heterocycles. The quantitative estimate of drug-likeness (QED) is 0.796. The van der Waals surface area contributed by atoms with E-state index in [-0.39, 0.29) is 6.61 Å². The highest BCUT2D eigenvalue weighted by molar-refractivity contribution is 5.54. The average Bonchev–Trinajstić information content (AvgIpc) is 2.16. The third kappa shape index (κ3) is 2.26. The lowest BCUT2D eigenvalue weighted by molar-refractivity contribution is 0.282. The smallest absolute Gasteiger partial charge is 0.0702 e. The lowest BCUT2D eigenvalue weighted by Crippen LogP contribution is -2.26. The van der Waals surface area contributed by atoms with Gasteiger partial charge in [0.25, 0.3) is 0 Å². The second-order valence-electron chi connectivity index (χ2n) is 3.99. The van der Waals surface area contributed by atoms with Gasteiger partial charge in [-0.2, -0.15) is 0 Å². The van der Waals surface area contributed by atoms with Crippen LogP contribution in [0.4, 0.5) is 5.69 Å². The zero-order valence-electron chi connectivity index (χ0n) is 9.41. The second kappa shape index (κ2) is 4.47. The maximum Gasteiger partial charge on any atom is 0.0702 e. The van der Waals surface area contributed by atoms with Crippen LogP contribution in [-0.2, 0) is 6.61 Å². The first kappa shape index (κ1) is 11.1. The summed E-state index contributed by atoms with van der Waals surface area (Å²) in [6.45, 7) is 6.43. The van der Waals surface area contributed by atoms with Gasteiger partial charge in [-0.3, -0.25) is 0 Å². The fourth-order valence-electron chi connectivity index (χ4n) is 1.46. The topological polar surface area (TPSA) is 23.5 Å². The fraction of sp³-hybridized carbons (Fsp3) is 0.500. The Morgan fingerprint density at radius 1 is 1.36 bits per heavy atom. The summed E-state index contributed by atoms with van der Waals surface area (Å²) in [5.41, 5.74) is 3.31. The molecule has 2 heteroatoms. The molecule has 0 radical (unpaired) electrons. The fourth-order valence-corrected chi connectivity index (χ4v) is 1.46. The van der Waals surface area contributed by atoms with Gasteiger partial charge in [0.1, 0.15) is 0 Å². The van der Waals surface area contributed by atoms with Gasteiger partial charge in [0.2, 0.25) is 0 Å². The van der Waals surface area contributed by atoms with Crippen LogP contribution in [-0.4, -0.2) is 18.2 Å². The van der Waals surface area contributed by atoms with Gasteiger partial charge in [0.05, 0.1) is 6.61 Å². The molecule has 14 heavy (non-hydrogen) atoms. The molecule has 0 aromatic heterocycles. The summed E-state index contributed by atoms with van der Waals surface area (Å²) in [7, 11) is 2.05. The minimum atomic E-state index is 0.105. The van der Waals surface area contributed by atoms with E-state index in [0.29, 0.717) is 6.04 Å². The van der Waals surface area contributed by atoms with Crippen LogP contribution in [0.5, 0.6) is 0 Å². The summed E-state index contributed by atoms with van der Waals surface area (Å²) >= 11 is 0. The van der Waals surface area contributed by atoms with Gasteiger partial charge in [-0.05, 0) is 26.8 Å². The van der Waals surface area contributed by atoms with Crippen LogP contribution in [0.2, 0.25) is 0 Å². The Bertz CT molecular complexity index is 307. The molecule has 0 fully saturated rings. The van der Waals surface area contributed by atoms with Gasteiger partial charge in [-0.25, -0.2) is 0 Å². The van der Waals surface area contributed by atoms with E-state index in [9.17, 15) is 5.11 Å². The van der Waals surface area contributed by atoms with Crippen LogP contribution >= 0.6 is 0 Å². The van der Waals surface area contributed by atoms with Crippen molar-refractivity contribution in [3.05, 3.63) is 29.3 Å². The second-order valence-corrected chi connectivity index (χ2v) is 3.99. The summed E-state index contributed by atoms with van der Waals surface area (Å²) in [4.78, 5) is 2.17. The summed E-state index contributed by atoms with van der Waals surface area (Å²) in [6, 6.07) is 6.63. The largest absolute Gasteiger partial charge is 0.392 e.